The minimum atomic E-state index is -1.64. The average Bonchev–Trinajstić information content (AvgIpc) is 3.46. The van der Waals surface area contributed by atoms with E-state index in [-0.39, 0.29) is 111 Å². The number of guanidine groups is 2. The van der Waals surface area contributed by atoms with Gasteiger partial charge in [0.25, 0.3) is 0 Å². The zero-order valence-corrected chi connectivity index (χ0v) is 46.3. The molecule has 2 amide bonds. The predicted octanol–water partition coefficient (Wildman–Crippen LogP) is 4.69. The fraction of sp³-hybridized carbons (Fsp3) is 0.393. The van der Waals surface area contributed by atoms with E-state index in [1.807, 2.05) is 0 Å². The maximum atomic E-state index is 13.4. The maximum Gasteiger partial charge on any atom is 0.343 e. The van der Waals surface area contributed by atoms with Crippen molar-refractivity contribution in [2.75, 3.05) is 50.3 Å². The minimum absolute atomic E-state index is 0.0124. The number of anilines is 2. The molecule has 0 heterocycles. The monoisotopic (exact) mass is 1140 g/mol. The van der Waals surface area contributed by atoms with Gasteiger partial charge in [0.2, 0.25) is 11.8 Å². The highest BCUT2D eigenvalue weighted by molar-refractivity contribution is 5.95. The summed E-state index contributed by atoms with van der Waals surface area (Å²) in [6.45, 7) is 10.2. The number of aliphatic carboxylic acids is 2. The number of hydrogen-bond acceptors (Lipinski definition) is 18. The second kappa shape index (κ2) is 31.5. The Hall–Kier alpha value is -9.30. The van der Waals surface area contributed by atoms with Gasteiger partial charge in [0.05, 0.1) is 50.4 Å². The first-order chi connectivity index (χ1) is 38.6. The number of carboxylic acids is 2. The first-order valence-electron chi connectivity index (χ1n) is 25.6. The lowest BCUT2D eigenvalue weighted by molar-refractivity contribution is -0.165. The van der Waals surface area contributed by atoms with Crippen LogP contribution in [0.2, 0.25) is 0 Å². The van der Waals surface area contributed by atoms with Gasteiger partial charge in [0, 0.05) is 36.3 Å². The van der Waals surface area contributed by atoms with E-state index >= 15 is 0 Å². The number of esters is 4. The Labute approximate surface area is 472 Å². The number of carboxylic acid groups (broad SMARTS) is 2. The molecule has 82 heavy (non-hydrogen) atoms. The molecule has 4 rings (SSSR count). The van der Waals surface area contributed by atoms with Crippen LogP contribution in [0.1, 0.15) is 99.1 Å². The number of amides is 2. The third kappa shape index (κ3) is 24.8. The maximum absolute atomic E-state index is 13.4. The summed E-state index contributed by atoms with van der Waals surface area (Å²) in [7, 11) is 0. The Bertz CT molecular complexity index is 2900. The zero-order valence-electron chi connectivity index (χ0n) is 46.3. The van der Waals surface area contributed by atoms with Crippen molar-refractivity contribution in [2.24, 2.45) is 11.5 Å². The van der Waals surface area contributed by atoms with Crippen LogP contribution in [0.25, 0.3) is 0 Å². The number of carbonyl (C=O) groups excluding carboxylic acids is 6. The van der Waals surface area contributed by atoms with Gasteiger partial charge in [0.1, 0.15) is 59.5 Å². The molecule has 26 nitrogen and oxygen atoms in total. The third-order valence-corrected chi connectivity index (χ3v) is 10.7. The lowest BCUT2D eigenvalue weighted by Gasteiger charge is -2.25. The van der Waals surface area contributed by atoms with Crippen molar-refractivity contribution in [1.29, 1.82) is 10.8 Å². The summed E-state index contributed by atoms with van der Waals surface area (Å²) in [5.41, 5.74) is 11.3. The molecule has 0 saturated heterocycles. The quantitative estimate of drug-likeness (QED) is 0.0107. The Morgan fingerprint density at radius 1 is 0.537 bits per heavy atom. The summed E-state index contributed by atoms with van der Waals surface area (Å²) in [5, 5.41) is 43.2. The standard InChI is InChI=1S/C56H70N8O18/c1-55(2,3)81-48(69)32-42(52(74)82-56(4,5)6)64-46(66)22-14-34-12-20-40(80-51(73)36-9-17-38(18-10-36)62-54(59)60)30-44(34)78-28-26-76-24-23-75-25-27-77-43-29-39(79-50(72)35-7-15-37(16-8-35)61-53(57)58)19-11-33(43)13-21-45(65)63-41(49(70)71)31-47(67)68/h7-12,15-20,29-30,41-42H,13-14,21-28,31-32H2,1-6H3,(H,63,65)(H,64,66)(H,67,68)(H,70,71)(H4,57,58,61)(H4,59,60,62)/t41-,42-/m0/s1. The second-order valence-electron chi connectivity index (χ2n) is 20.0. The molecule has 0 spiro atoms. The molecule has 0 unspecified atom stereocenters. The van der Waals surface area contributed by atoms with Crippen LogP contribution >= 0.6 is 0 Å². The number of benzene rings is 4. The van der Waals surface area contributed by atoms with Crippen molar-refractivity contribution < 1.29 is 86.5 Å². The molecule has 12 N–H and O–H groups in total. The van der Waals surface area contributed by atoms with Gasteiger partial charge < -0.3 is 80.8 Å². The SMILES string of the molecule is CC(C)(C)OC(=O)C[C@H](NC(=O)CCc1ccc(OC(=O)c2ccc(NC(=N)N)cc2)cc1OCCOCCOCCOc1cc(OC(=O)c2ccc(NC(=N)N)cc2)ccc1CCC(=O)N[C@@H](CC(=O)O)C(=O)O)C(=O)OC(C)(C)C. The van der Waals surface area contributed by atoms with Gasteiger partial charge in [-0.05, 0) is 126 Å². The van der Waals surface area contributed by atoms with E-state index in [2.05, 4.69) is 21.3 Å². The van der Waals surface area contributed by atoms with Gasteiger partial charge in [-0.15, -0.1) is 0 Å². The lowest BCUT2D eigenvalue weighted by Crippen LogP contribution is -2.46. The van der Waals surface area contributed by atoms with Crippen LogP contribution in [0.3, 0.4) is 0 Å². The van der Waals surface area contributed by atoms with Crippen LogP contribution in [-0.2, 0) is 60.6 Å². The van der Waals surface area contributed by atoms with E-state index < -0.39 is 83.8 Å². The summed E-state index contributed by atoms with van der Waals surface area (Å²) in [6.07, 6.45) is -1.61. The molecule has 0 bridgehead atoms. The predicted molar refractivity (Wildman–Crippen MR) is 296 cm³/mol. The number of aryl methyl sites for hydroxylation is 2. The molecule has 0 aliphatic carbocycles. The normalized spacial score (nSPS) is 11.8. The van der Waals surface area contributed by atoms with E-state index in [9.17, 15) is 43.5 Å². The second-order valence-corrected chi connectivity index (χ2v) is 20.0. The van der Waals surface area contributed by atoms with Crippen molar-refractivity contribution in [3.05, 3.63) is 107 Å². The molecule has 0 aliphatic heterocycles. The van der Waals surface area contributed by atoms with Crippen LogP contribution in [0, 0.1) is 10.8 Å². The summed E-state index contributed by atoms with van der Waals surface area (Å²) in [5.74, 6) is -7.11. The highest BCUT2D eigenvalue weighted by Gasteiger charge is 2.31. The Kier molecular flexibility index (Phi) is 25.0. The molecule has 0 radical (unpaired) electrons. The average molecular weight is 1140 g/mol. The molecule has 0 aromatic heterocycles. The molecule has 0 saturated carbocycles. The van der Waals surface area contributed by atoms with Gasteiger partial charge in [-0.2, -0.15) is 0 Å². The van der Waals surface area contributed by atoms with Crippen molar-refractivity contribution in [3.63, 3.8) is 0 Å². The molecule has 0 fully saturated rings. The summed E-state index contributed by atoms with van der Waals surface area (Å²) < 4.78 is 45.6. The summed E-state index contributed by atoms with van der Waals surface area (Å²) >= 11 is 0. The number of nitrogens with two attached hydrogens (primary N) is 2. The van der Waals surface area contributed by atoms with Gasteiger partial charge in [-0.3, -0.25) is 30.0 Å². The molecule has 0 aliphatic rings. The van der Waals surface area contributed by atoms with Crippen LogP contribution in [0.15, 0.2) is 84.9 Å². The van der Waals surface area contributed by atoms with Gasteiger partial charge >= 0.3 is 35.8 Å². The Morgan fingerprint density at radius 2 is 0.939 bits per heavy atom. The lowest BCUT2D eigenvalue weighted by atomic mass is 10.1. The number of hydrogen-bond donors (Lipinski definition) is 10. The highest BCUT2D eigenvalue weighted by atomic mass is 16.6. The molecule has 26 heteroatoms. The van der Waals surface area contributed by atoms with Crippen LogP contribution in [-0.4, -0.2) is 133 Å². The van der Waals surface area contributed by atoms with Crippen molar-refractivity contribution in [2.45, 2.75) is 103 Å². The summed E-state index contributed by atoms with van der Waals surface area (Å²) in [4.78, 5) is 101. The van der Waals surface area contributed by atoms with E-state index in [4.69, 9.17) is 65.3 Å². The third-order valence-electron chi connectivity index (χ3n) is 10.7. The van der Waals surface area contributed by atoms with Crippen molar-refractivity contribution in [1.82, 2.24) is 10.6 Å². The van der Waals surface area contributed by atoms with E-state index in [0.717, 1.165) is 0 Å². The van der Waals surface area contributed by atoms with E-state index in [1.165, 1.54) is 60.7 Å². The topological polar surface area (TPSA) is 399 Å². The molecule has 4 aromatic carbocycles. The fourth-order valence-electron chi connectivity index (χ4n) is 7.16. The number of ether oxygens (including phenoxy) is 8. The number of rotatable bonds is 31. The number of nitrogens with one attached hydrogen (secondary N) is 6. The van der Waals surface area contributed by atoms with Crippen molar-refractivity contribution in [3.8, 4) is 23.0 Å². The van der Waals surface area contributed by atoms with Crippen LogP contribution in [0.5, 0.6) is 23.0 Å². The zero-order chi connectivity index (χ0) is 60.6. The largest absolute Gasteiger partial charge is 0.491 e. The smallest absolute Gasteiger partial charge is 0.343 e. The van der Waals surface area contributed by atoms with E-state index in [0.29, 0.717) is 22.5 Å². The fourth-order valence-corrected chi connectivity index (χ4v) is 7.16. The minimum Gasteiger partial charge on any atom is -0.491 e. The molecule has 442 valence electrons. The Balaban J connectivity index is 1.37. The van der Waals surface area contributed by atoms with Gasteiger partial charge in [-0.25, -0.2) is 19.2 Å². The molecular weight excluding hydrogens is 1070 g/mol. The van der Waals surface area contributed by atoms with Gasteiger partial charge in [-0.1, -0.05) is 12.1 Å². The highest BCUT2D eigenvalue weighted by Crippen LogP contribution is 2.29. The van der Waals surface area contributed by atoms with Crippen molar-refractivity contribution >= 4 is 70.9 Å². The first-order valence-corrected chi connectivity index (χ1v) is 25.6. The molecule has 2 atom stereocenters. The first kappa shape index (κ1) is 65.2. The molecule has 4 aromatic rings. The van der Waals surface area contributed by atoms with Gasteiger partial charge in [0.15, 0.2) is 11.9 Å². The number of carbonyl (C=O) groups is 8. The van der Waals surface area contributed by atoms with Crippen LogP contribution < -0.4 is 51.7 Å². The van der Waals surface area contributed by atoms with E-state index in [1.54, 1.807) is 65.8 Å². The summed E-state index contributed by atoms with van der Waals surface area (Å²) in [6, 6.07) is 18.1. The molecular formula is C56H70N8O18. The Morgan fingerprint density at radius 3 is 1.32 bits per heavy atom. The van der Waals surface area contributed by atoms with Crippen LogP contribution in [0.4, 0.5) is 11.4 Å².